The molecule has 0 radical (unpaired) electrons. The van der Waals surface area contributed by atoms with E-state index in [0.717, 1.165) is 21.6 Å². The van der Waals surface area contributed by atoms with E-state index in [1.165, 1.54) is 25.7 Å². The van der Waals surface area contributed by atoms with Crippen molar-refractivity contribution in [2.75, 3.05) is 0 Å². The first-order chi connectivity index (χ1) is 12.0. The summed E-state index contributed by atoms with van der Waals surface area (Å²) < 4.78 is 0.863. The van der Waals surface area contributed by atoms with Crippen LogP contribution in [0.4, 0.5) is 0 Å². The Bertz CT molecular complexity index is 792. The average molecular weight is 361 g/mol. The smallest absolute Gasteiger partial charge is 0.191 e. The van der Waals surface area contributed by atoms with E-state index in [4.69, 9.17) is 11.3 Å². The summed E-state index contributed by atoms with van der Waals surface area (Å²) in [4.78, 5) is 13.3. The van der Waals surface area contributed by atoms with Crippen LogP contribution in [0.25, 0.3) is 10.1 Å². The number of hydrogen-bond donors (Lipinski definition) is 2. The maximum absolute atomic E-state index is 12.2. The third-order valence-corrected chi connectivity index (χ3v) is 5.33. The highest BCUT2D eigenvalue weighted by molar-refractivity contribution is 7.18. The summed E-state index contributed by atoms with van der Waals surface area (Å²) in [6.45, 7) is 8.35. The minimum Gasteiger partial charge on any atom is -0.305 e. The van der Waals surface area contributed by atoms with E-state index < -0.39 is 0 Å². The van der Waals surface area contributed by atoms with Crippen molar-refractivity contribution in [1.82, 2.24) is 0 Å². The van der Waals surface area contributed by atoms with E-state index in [9.17, 15) is 4.79 Å². The third kappa shape index (κ3) is 5.74. The summed E-state index contributed by atoms with van der Waals surface area (Å²) >= 11 is 1.58. The number of hydrogen-bond acceptors (Lipinski definition) is 4. The molecule has 0 aliphatic heterocycles. The zero-order valence-electron chi connectivity index (χ0n) is 15.6. The number of fused-ring (bicyclic) bond motifs is 1. The molecule has 0 unspecified atom stereocenters. The fourth-order valence-corrected chi connectivity index (χ4v) is 3.54. The van der Waals surface area contributed by atoms with Crippen LogP contribution < -0.4 is 11.3 Å². The second kappa shape index (κ2) is 10.7. The molecular weight excluding hydrogens is 332 g/mol. The first kappa shape index (κ1) is 21.0. The van der Waals surface area contributed by atoms with Gasteiger partial charge in [-0.05, 0) is 25.5 Å². The van der Waals surface area contributed by atoms with Gasteiger partial charge in [0.2, 0.25) is 0 Å². The number of rotatable bonds is 5. The van der Waals surface area contributed by atoms with Crippen molar-refractivity contribution in [3.8, 4) is 0 Å². The molecule has 0 saturated carbocycles. The molecule has 1 heterocycles. The lowest BCUT2D eigenvalue weighted by molar-refractivity contribution is 0.702. The Kier molecular flexibility index (Phi) is 8.99. The van der Waals surface area contributed by atoms with Gasteiger partial charge in [0.15, 0.2) is 11.3 Å². The maximum atomic E-state index is 12.2. The van der Waals surface area contributed by atoms with Crippen LogP contribution in [0.2, 0.25) is 0 Å². The molecule has 5 nitrogen and oxygen atoms in total. The van der Waals surface area contributed by atoms with E-state index in [1.807, 2.05) is 13.8 Å². The van der Waals surface area contributed by atoms with Gasteiger partial charge in [-0.2, -0.15) is 0 Å². The molecule has 0 atom stereocenters. The van der Waals surface area contributed by atoms with Crippen molar-refractivity contribution in [1.29, 1.82) is 5.41 Å². The standard InChI is InChI=1S/C13H14N4OS.C6H14/c1-3-10-7(2)12(18)9-5-4-8(6-11(9)19-10)13(14)16-17-15;1-3-5-6-4-2/h4-6H,3H2,1-2H3,(H3,14,15,16);3-6H2,1-2H3. The minimum atomic E-state index is -0.0114. The highest BCUT2D eigenvalue weighted by Crippen LogP contribution is 2.23. The van der Waals surface area contributed by atoms with Crippen molar-refractivity contribution in [2.24, 2.45) is 16.2 Å². The zero-order valence-corrected chi connectivity index (χ0v) is 16.4. The number of unbranched alkanes of at least 4 members (excludes halogenated alkanes) is 3. The highest BCUT2D eigenvalue weighted by Gasteiger charge is 2.09. The van der Waals surface area contributed by atoms with Crippen LogP contribution in [-0.2, 0) is 6.42 Å². The first-order valence-electron chi connectivity index (χ1n) is 8.76. The average Bonchev–Trinajstić information content (AvgIpc) is 2.63. The van der Waals surface area contributed by atoms with Crippen LogP contribution in [0, 0.1) is 12.3 Å². The Morgan fingerprint density at radius 3 is 2.36 bits per heavy atom. The third-order valence-electron chi connectivity index (χ3n) is 3.93. The molecule has 1 aromatic heterocycles. The fraction of sp³-hybridized carbons (Fsp3) is 0.474. The van der Waals surface area contributed by atoms with Gasteiger partial charge in [-0.15, -0.1) is 16.5 Å². The lowest BCUT2D eigenvalue weighted by atomic mass is 10.1. The number of nitrogens with two attached hydrogens (primary N) is 1. The van der Waals surface area contributed by atoms with Gasteiger partial charge >= 0.3 is 0 Å². The summed E-state index contributed by atoms with van der Waals surface area (Å²) in [5.74, 6) is 4.93. The van der Waals surface area contributed by atoms with E-state index in [-0.39, 0.29) is 11.3 Å². The quantitative estimate of drug-likeness (QED) is 0.187. The molecule has 0 bridgehead atoms. The van der Waals surface area contributed by atoms with Gasteiger partial charge in [0.1, 0.15) is 0 Å². The molecule has 0 aliphatic rings. The molecule has 6 heteroatoms. The molecule has 0 amide bonds. The Labute approximate surface area is 153 Å². The number of aryl methyl sites for hydroxylation is 1. The zero-order chi connectivity index (χ0) is 18.8. The molecular formula is C19H28N4OS. The summed E-state index contributed by atoms with van der Waals surface area (Å²) in [7, 11) is 0. The van der Waals surface area contributed by atoms with E-state index in [1.54, 1.807) is 29.5 Å². The topological polar surface area (TPSA) is 91.7 Å². The molecule has 2 rings (SSSR count). The van der Waals surface area contributed by atoms with Crippen molar-refractivity contribution in [3.63, 3.8) is 0 Å². The van der Waals surface area contributed by atoms with Crippen LogP contribution in [0.3, 0.4) is 0 Å². The normalized spacial score (nSPS) is 10.7. The van der Waals surface area contributed by atoms with Crippen molar-refractivity contribution in [3.05, 3.63) is 44.4 Å². The first-order valence-corrected chi connectivity index (χ1v) is 9.57. The van der Waals surface area contributed by atoms with Gasteiger partial charge in [-0.1, -0.05) is 57.7 Å². The van der Waals surface area contributed by atoms with Crippen LogP contribution in [0.15, 0.2) is 33.3 Å². The Hall–Kier alpha value is -2.08. The number of nitrogens with one attached hydrogen (secondary N) is 1. The SMILES string of the molecule is CCCCCC.CCc1sc2cc(C(=N)N=NN)ccc2c(=O)c1C. The molecule has 0 aliphatic carbocycles. The second-order valence-electron chi connectivity index (χ2n) is 5.82. The largest absolute Gasteiger partial charge is 0.305 e. The minimum absolute atomic E-state index is 0.0114. The van der Waals surface area contributed by atoms with E-state index >= 15 is 0 Å². The van der Waals surface area contributed by atoms with Gasteiger partial charge in [-0.25, -0.2) is 0 Å². The van der Waals surface area contributed by atoms with E-state index in [2.05, 4.69) is 24.2 Å². The van der Waals surface area contributed by atoms with Gasteiger partial charge in [0, 0.05) is 26.1 Å². The molecule has 136 valence electrons. The van der Waals surface area contributed by atoms with Gasteiger partial charge in [0.05, 0.1) is 0 Å². The second-order valence-corrected chi connectivity index (χ2v) is 6.95. The van der Waals surface area contributed by atoms with Crippen molar-refractivity contribution in [2.45, 2.75) is 59.8 Å². The van der Waals surface area contributed by atoms with Gasteiger partial charge < -0.3 is 5.84 Å². The number of benzene rings is 1. The molecule has 0 saturated heterocycles. The molecule has 1 aromatic carbocycles. The van der Waals surface area contributed by atoms with Gasteiger partial charge in [0.25, 0.3) is 0 Å². The molecule has 3 N–H and O–H groups in total. The fourth-order valence-electron chi connectivity index (χ4n) is 2.43. The Morgan fingerprint density at radius 2 is 1.84 bits per heavy atom. The molecule has 25 heavy (non-hydrogen) atoms. The summed E-state index contributed by atoms with van der Waals surface area (Å²) in [5, 5.41) is 15.0. The van der Waals surface area contributed by atoms with E-state index in [0.29, 0.717) is 10.9 Å². The van der Waals surface area contributed by atoms with Crippen LogP contribution in [0.1, 0.15) is 62.5 Å². The summed E-state index contributed by atoms with van der Waals surface area (Å²) in [6, 6.07) is 5.21. The van der Waals surface area contributed by atoms with Gasteiger partial charge in [-0.3, -0.25) is 10.2 Å². The lowest BCUT2D eigenvalue weighted by Gasteiger charge is -2.05. The lowest BCUT2D eigenvalue weighted by Crippen LogP contribution is -2.08. The highest BCUT2D eigenvalue weighted by atomic mass is 32.1. The Morgan fingerprint density at radius 1 is 1.20 bits per heavy atom. The summed E-state index contributed by atoms with van der Waals surface area (Å²) in [5.41, 5.74) is 1.47. The monoisotopic (exact) mass is 360 g/mol. The predicted octanol–water partition coefficient (Wildman–Crippen LogP) is 5.37. The van der Waals surface area contributed by atoms with Crippen molar-refractivity contribution < 1.29 is 0 Å². The number of amidine groups is 1. The number of nitrogens with zero attached hydrogens (tertiary/aromatic N) is 2. The maximum Gasteiger partial charge on any atom is 0.191 e. The van der Waals surface area contributed by atoms with Crippen LogP contribution in [0.5, 0.6) is 0 Å². The van der Waals surface area contributed by atoms with Crippen LogP contribution in [-0.4, -0.2) is 5.84 Å². The van der Waals surface area contributed by atoms with Crippen LogP contribution >= 0.6 is 11.3 Å². The van der Waals surface area contributed by atoms with Crippen molar-refractivity contribution >= 4 is 27.3 Å². The molecule has 0 fully saturated rings. The molecule has 0 spiro atoms. The predicted molar refractivity (Wildman–Crippen MR) is 108 cm³/mol. The Balaban J connectivity index is 0.000000450. The molecule has 2 aromatic rings. The summed E-state index contributed by atoms with van der Waals surface area (Å²) in [6.07, 6.45) is 6.36.